The van der Waals surface area contributed by atoms with E-state index in [9.17, 15) is 0 Å². The minimum Gasteiger partial charge on any atom is -0.468 e. The fourth-order valence-electron chi connectivity index (χ4n) is 1.77. The lowest BCUT2D eigenvalue weighted by Gasteiger charge is -2.10. The van der Waals surface area contributed by atoms with Gasteiger partial charge in [-0.3, -0.25) is 0 Å². The summed E-state index contributed by atoms with van der Waals surface area (Å²) in [6.45, 7) is 4.04. The monoisotopic (exact) mass is 295 g/mol. The SMILES string of the molecule is CCCNCc1cc(Cl)ccc1SCc1ccco1. The second kappa shape index (κ2) is 7.63. The van der Waals surface area contributed by atoms with Crippen LogP contribution in [0.5, 0.6) is 0 Å². The Morgan fingerprint density at radius 3 is 2.95 bits per heavy atom. The molecule has 0 unspecified atom stereocenters. The van der Waals surface area contributed by atoms with Crippen molar-refractivity contribution in [3.8, 4) is 0 Å². The van der Waals surface area contributed by atoms with Gasteiger partial charge in [-0.15, -0.1) is 11.8 Å². The molecular weight excluding hydrogens is 278 g/mol. The van der Waals surface area contributed by atoms with Gasteiger partial charge in [-0.2, -0.15) is 0 Å². The first-order chi connectivity index (χ1) is 9.29. The molecule has 0 bridgehead atoms. The van der Waals surface area contributed by atoms with Crippen LogP contribution in [0.2, 0.25) is 5.02 Å². The van der Waals surface area contributed by atoms with Crippen LogP contribution in [0.25, 0.3) is 0 Å². The van der Waals surface area contributed by atoms with E-state index in [2.05, 4.69) is 18.3 Å². The quantitative estimate of drug-likeness (QED) is 0.591. The molecule has 4 heteroatoms. The van der Waals surface area contributed by atoms with E-state index >= 15 is 0 Å². The van der Waals surface area contributed by atoms with E-state index < -0.39 is 0 Å². The normalized spacial score (nSPS) is 10.8. The van der Waals surface area contributed by atoms with Crippen molar-refractivity contribution < 1.29 is 4.42 Å². The summed E-state index contributed by atoms with van der Waals surface area (Å²) < 4.78 is 5.35. The Labute approximate surface area is 123 Å². The number of furan rings is 1. The molecule has 0 spiro atoms. The molecule has 0 atom stereocenters. The number of nitrogens with one attached hydrogen (secondary N) is 1. The summed E-state index contributed by atoms with van der Waals surface area (Å²) in [6, 6.07) is 9.97. The maximum atomic E-state index is 6.07. The zero-order chi connectivity index (χ0) is 13.5. The van der Waals surface area contributed by atoms with Gasteiger partial charge in [0, 0.05) is 16.5 Å². The number of rotatable bonds is 7. The molecule has 2 nitrogen and oxygen atoms in total. The fraction of sp³-hybridized carbons (Fsp3) is 0.333. The Balaban J connectivity index is 2.01. The zero-order valence-electron chi connectivity index (χ0n) is 11.0. The van der Waals surface area contributed by atoms with Gasteiger partial charge >= 0.3 is 0 Å². The lowest BCUT2D eigenvalue weighted by molar-refractivity contribution is 0.530. The maximum absolute atomic E-state index is 6.07. The van der Waals surface area contributed by atoms with Gasteiger partial charge in [-0.25, -0.2) is 0 Å². The van der Waals surface area contributed by atoms with Gasteiger partial charge in [-0.05, 0) is 48.9 Å². The van der Waals surface area contributed by atoms with E-state index in [0.29, 0.717) is 0 Å². The Morgan fingerprint density at radius 2 is 2.21 bits per heavy atom. The summed E-state index contributed by atoms with van der Waals surface area (Å²) in [5.74, 6) is 1.84. The van der Waals surface area contributed by atoms with Crippen LogP contribution in [0.3, 0.4) is 0 Å². The van der Waals surface area contributed by atoms with Gasteiger partial charge in [0.05, 0.1) is 12.0 Å². The molecule has 0 aliphatic carbocycles. The van der Waals surface area contributed by atoms with E-state index in [1.165, 1.54) is 10.5 Å². The lowest BCUT2D eigenvalue weighted by atomic mass is 10.2. The van der Waals surface area contributed by atoms with Crippen LogP contribution in [0.1, 0.15) is 24.7 Å². The molecule has 0 aliphatic heterocycles. The first-order valence-corrected chi connectivity index (χ1v) is 7.80. The van der Waals surface area contributed by atoms with Crippen LogP contribution in [-0.4, -0.2) is 6.54 Å². The van der Waals surface area contributed by atoms with Crippen molar-refractivity contribution >= 4 is 23.4 Å². The molecule has 2 rings (SSSR count). The third-order valence-electron chi connectivity index (χ3n) is 2.71. The Morgan fingerprint density at radius 1 is 1.32 bits per heavy atom. The van der Waals surface area contributed by atoms with Crippen LogP contribution in [0, 0.1) is 0 Å². The molecule has 0 aliphatic rings. The predicted octanol–water partition coefficient (Wildman–Crippen LogP) is 4.72. The maximum Gasteiger partial charge on any atom is 0.113 e. The van der Waals surface area contributed by atoms with Gasteiger partial charge in [0.2, 0.25) is 0 Å². The summed E-state index contributed by atoms with van der Waals surface area (Å²) >= 11 is 7.85. The molecule has 19 heavy (non-hydrogen) atoms. The largest absolute Gasteiger partial charge is 0.468 e. The van der Waals surface area contributed by atoms with Crippen molar-refractivity contribution in [3.05, 3.63) is 52.9 Å². The van der Waals surface area contributed by atoms with Crippen LogP contribution < -0.4 is 5.32 Å². The second-order valence-corrected chi connectivity index (χ2v) is 5.75. The average Bonchev–Trinajstić information content (AvgIpc) is 2.91. The van der Waals surface area contributed by atoms with Crippen molar-refractivity contribution in [1.29, 1.82) is 0 Å². The van der Waals surface area contributed by atoms with E-state index in [0.717, 1.165) is 36.0 Å². The molecule has 1 aromatic heterocycles. The topological polar surface area (TPSA) is 25.2 Å². The summed E-state index contributed by atoms with van der Waals surface area (Å²) in [4.78, 5) is 1.25. The van der Waals surface area contributed by atoms with Crippen molar-refractivity contribution in [1.82, 2.24) is 5.32 Å². The van der Waals surface area contributed by atoms with Crippen molar-refractivity contribution in [2.75, 3.05) is 6.54 Å². The van der Waals surface area contributed by atoms with E-state index in [-0.39, 0.29) is 0 Å². The number of thioether (sulfide) groups is 1. The first-order valence-electron chi connectivity index (χ1n) is 6.44. The van der Waals surface area contributed by atoms with Crippen molar-refractivity contribution in [3.63, 3.8) is 0 Å². The summed E-state index contributed by atoms with van der Waals surface area (Å²) in [5, 5.41) is 4.20. The minimum absolute atomic E-state index is 0.788. The first kappa shape index (κ1) is 14.5. The molecule has 2 aromatic rings. The van der Waals surface area contributed by atoms with Gasteiger partial charge in [0.25, 0.3) is 0 Å². The molecule has 0 amide bonds. The highest BCUT2D eigenvalue weighted by atomic mass is 35.5. The minimum atomic E-state index is 0.788. The van der Waals surface area contributed by atoms with Crippen molar-refractivity contribution in [2.24, 2.45) is 0 Å². The van der Waals surface area contributed by atoms with E-state index in [1.54, 1.807) is 18.0 Å². The summed E-state index contributed by atoms with van der Waals surface area (Å²) in [6.07, 6.45) is 2.84. The second-order valence-electron chi connectivity index (χ2n) is 4.30. The molecule has 1 N–H and O–H groups in total. The Hall–Kier alpha value is -0.900. The molecule has 102 valence electrons. The third kappa shape index (κ3) is 4.60. The third-order valence-corrected chi connectivity index (χ3v) is 4.09. The molecule has 0 radical (unpaired) electrons. The Kier molecular flexibility index (Phi) is 5.83. The smallest absolute Gasteiger partial charge is 0.113 e. The van der Waals surface area contributed by atoms with Gasteiger partial charge in [-0.1, -0.05) is 18.5 Å². The molecular formula is C15H18ClNOS. The zero-order valence-corrected chi connectivity index (χ0v) is 12.6. The van der Waals surface area contributed by atoms with Crippen molar-refractivity contribution in [2.45, 2.75) is 30.5 Å². The molecule has 0 fully saturated rings. The van der Waals surface area contributed by atoms with Gasteiger partial charge in [0.1, 0.15) is 5.76 Å². The predicted molar refractivity (Wildman–Crippen MR) is 81.7 cm³/mol. The van der Waals surface area contributed by atoms with Crippen LogP contribution in [0.15, 0.2) is 45.9 Å². The average molecular weight is 296 g/mol. The number of benzene rings is 1. The summed E-state index contributed by atoms with van der Waals surface area (Å²) in [5.41, 5.74) is 1.25. The summed E-state index contributed by atoms with van der Waals surface area (Å²) in [7, 11) is 0. The molecule has 0 saturated heterocycles. The molecule has 1 aromatic carbocycles. The molecule has 0 saturated carbocycles. The number of hydrogen-bond donors (Lipinski definition) is 1. The van der Waals surface area contributed by atoms with Crippen LogP contribution in [-0.2, 0) is 12.3 Å². The van der Waals surface area contributed by atoms with Gasteiger partial charge < -0.3 is 9.73 Å². The molecule has 1 heterocycles. The number of halogens is 1. The number of hydrogen-bond acceptors (Lipinski definition) is 3. The van der Waals surface area contributed by atoms with E-state index in [1.807, 2.05) is 24.3 Å². The van der Waals surface area contributed by atoms with Crippen LogP contribution in [0.4, 0.5) is 0 Å². The fourth-order valence-corrected chi connectivity index (χ4v) is 2.91. The highest BCUT2D eigenvalue weighted by Crippen LogP contribution is 2.28. The standard InChI is InChI=1S/C15H18ClNOS/c1-2-7-17-10-12-9-13(16)5-6-15(12)19-11-14-4-3-8-18-14/h3-6,8-9,17H,2,7,10-11H2,1H3. The van der Waals surface area contributed by atoms with Gasteiger partial charge in [0.15, 0.2) is 0 Å². The van der Waals surface area contributed by atoms with E-state index in [4.69, 9.17) is 16.0 Å². The highest BCUT2D eigenvalue weighted by molar-refractivity contribution is 7.98. The van der Waals surface area contributed by atoms with Crippen LogP contribution >= 0.6 is 23.4 Å². The lowest BCUT2D eigenvalue weighted by Crippen LogP contribution is -2.14. The Bertz CT molecular complexity index is 499. The highest BCUT2D eigenvalue weighted by Gasteiger charge is 2.05.